The summed E-state index contributed by atoms with van der Waals surface area (Å²) in [5.41, 5.74) is 7.27. The first kappa shape index (κ1) is 10.4. The first-order valence-corrected chi connectivity index (χ1v) is 4.82. The maximum Gasteiger partial charge on any atom is 0.167 e. The molecule has 0 fully saturated rings. The van der Waals surface area contributed by atoms with E-state index in [-0.39, 0.29) is 11.5 Å². The molecule has 0 saturated carbocycles. The quantitative estimate of drug-likeness (QED) is 0.633. The van der Waals surface area contributed by atoms with Gasteiger partial charge in [0, 0.05) is 18.7 Å². The van der Waals surface area contributed by atoms with Crippen LogP contribution in [0.2, 0.25) is 0 Å². The van der Waals surface area contributed by atoms with Crippen molar-refractivity contribution in [3.63, 3.8) is 0 Å². The first-order valence-electron chi connectivity index (χ1n) is 4.82. The Bertz CT molecular complexity index is 527. The topological polar surface area (TPSA) is 84.3 Å². The third-order valence-corrected chi connectivity index (χ3v) is 2.54. The van der Waals surface area contributed by atoms with Gasteiger partial charge in [0.05, 0.1) is 5.69 Å². The summed E-state index contributed by atoms with van der Waals surface area (Å²) in [6.45, 7) is 1.71. The van der Waals surface area contributed by atoms with Crippen molar-refractivity contribution in [2.75, 3.05) is 5.73 Å². The van der Waals surface area contributed by atoms with Crippen LogP contribution in [-0.4, -0.2) is 20.0 Å². The van der Waals surface area contributed by atoms with E-state index in [2.05, 4.69) is 5.10 Å². The molecule has 0 aliphatic heterocycles. The fourth-order valence-corrected chi connectivity index (χ4v) is 1.50. The molecule has 0 radical (unpaired) electrons. The zero-order valence-corrected chi connectivity index (χ0v) is 9.10. The van der Waals surface area contributed by atoms with Gasteiger partial charge in [-0.3, -0.25) is 4.68 Å². The normalized spacial score (nSPS) is 10.6. The molecule has 5 heteroatoms. The van der Waals surface area contributed by atoms with E-state index in [1.165, 1.54) is 4.68 Å². The van der Waals surface area contributed by atoms with E-state index in [1.807, 2.05) is 0 Å². The van der Waals surface area contributed by atoms with Crippen LogP contribution in [0.4, 0.5) is 5.82 Å². The molecule has 0 unspecified atom stereocenters. The summed E-state index contributed by atoms with van der Waals surface area (Å²) in [5, 5.41) is 23.5. The SMILES string of the molecule is Cc1ccc(-c2cc(N)n(C)n2)c(O)c1O. The summed E-state index contributed by atoms with van der Waals surface area (Å²) in [7, 11) is 1.71. The van der Waals surface area contributed by atoms with E-state index in [9.17, 15) is 10.2 Å². The molecule has 0 saturated heterocycles. The highest BCUT2D eigenvalue weighted by molar-refractivity contribution is 5.73. The van der Waals surface area contributed by atoms with E-state index >= 15 is 0 Å². The fraction of sp³-hybridized carbons (Fsp3) is 0.182. The third-order valence-electron chi connectivity index (χ3n) is 2.54. The van der Waals surface area contributed by atoms with Crippen molar-refractivity contribution >= 4 is 5.82 Å². The zero-order valence-electron chi connectivity index (χ0n) is 9.10. The number of phenols is 2. The van der Waals surface area contributed by atoms with Gasteiger partial charge in [0.1, 0.15) is 5.82 Å². The minimum Gasteiger partial charge on any atom is -0.504 e. The molecular weight excluding hydrogens is 206 g/mol. The van der Waals surface area contributed by atoms with Crippen LogP contribution >= 0.6 is 0 Å². The van der Waals surface area contributed by atoms with Crippen molar-refractivity contribution in [3.05, 3.63) is 23.8 Å². The second kappa shape index (κ2) is 3.44. The Balaban J connectivity index is 2.61. The summed E-state index contributed by atoms with van der Waals surface area (Å²) in [6, 6.07) is 5.06. The van der Waals surface area contributed by atoms with Gasteiger partial charge in [-0.05, 0) is 18.6 Å². The smallest absolute Gasteiger partial charge is 0.167 e. The molecule has 2 aromatic rings. The Morgan fingerprint density at radius 1 is 1.25 bits per heavy atom. The summed E-state index contributed by atoms with van der Waals surface area (Å²) in [4.78, 5) is 0. The Hall–Kier alpha value is -2.17. The zero-order chi connectivity index (χ0) is 11.9. The average Bonchev–Trinajstić information content (AvgIpc) is 2.56. The lowest BCUT2D eigenvalue weighted by molar-refractivity contribution is 0.402. The summed E-state index contributed by atoms with van der Waals surface area (Å²) < 4.78 is 1.51. The predicted octanol–water partition coefficient (Wildman–Crippen LogP) is 1.39. The van der Waals surface area contributed by atoms with Crippen LogP contribution in [0.25, 0.3) is 11.3 Å². The van der Waals surface area contributed by atoms with Gasteiger partial charge in [0.25, 0.3) is 0 Å². The largest absolute Gasteiger partial charge is 0.504 e. The number of nitrogen functional groups attached to an aromatic ring is 1. The number of aromatic hydroxyl groups is 2. The summed E-state index contributed by atoms with van der Waals surface area (Å²) in [6.07, 6.45) is 0. The minimum atomic E-state index is -0.168. The van der Waals surface area contributed by atoms with Crippen molar-refractivity contribution < 1.29 is 10.2 Å². The minimum absolute atomic E-state index is 0.123. The van der Waals surface area contributed by atoms with Crippen molar-refractivity contribution in [2.45, 2.75) is 6.92 Å². The predicted molar refractivity (Wildman–Crippen MR) is 61.1 cm³/mol. The van der Waals surface area contributed by atoms with Gasteiger partial charge in [-0.15, -0.1) is 0 Å². The molecular formula is C11H13N3O2. The fourth-order valence-electron chi connectivity index (χ4n) is 1.50. The number of phenolic OH excluding ortho intramolecular Hbond substituents is 2. The molecule has 16 heavy (non-hydrogen) atoms. The van der Waals surface area contributed by atoms with Gasteiger partial charge < -0.3 is 15.9 Å². The molecule has 2 rings (SSSR count). The number of nitrogens with two attached hydrogens (primary N) is 1. The molecule has 0 atom stereocenters. The van der Waals surface area contributed by atoms with Gasteiger partial charge in [0.2, 0.25) is 0 Å². The van der Waals surface area contributed by atoms with E-state index in [1.54, 1.807) is 32.2 Å². The molecule has 0 aliphatic rings. The number of hydrogen-bond donors (Lipinski definition) is 3. The van der Waals surface area contributed by atoms with Gasteiger partial charge in [-0.2, -0.15) is 5.10 Å². The lowest BCUT2D eigenvalue weighted by Gasteiger charge is -2.05. The number of benzene rings is 1. The second-order valence-electron chi connectivity index (χ2n) is 3.71. The van der Waals surface area contributed by atoms with E-state index < -0.39 is 0 Å². The molecule has 4 N–H and O–H groups in total. The second-order valence-corrected chi connectivity index (χ2v) is 3.71. The van der Waals surface area contributed by atoms with Crippen LogP contribution in [0.3, 0.4) is 0 Å². The maximum atomic E-state index is 9.79. The van der Waals surface area contributed by atoms with Crippen LogP contribution < -0.4 is 5.73 Å². The van der Waals surface area contributed by atoms with Gasteiger partial charge in [-0.1, -0.05) is 6.07 Å². The standard InChI is InChI=1S/C11H13N3O2/c1-6-3-4-7(11(16)10(6)15)8-5-9(12)14(2)13-8/h3-5,15-16H,12H2,1-2H3. The van der Waals surface area contributed by atoms with Crippen molar-refractivity contribution in [3.8, 4) is 22.8 Å². The molecule has 0 spiro atoms. The number of anilines is 1. The molecule has 0 amide bonds. The van der Waals surface area contributed by atoms with Crippen LogP contribution in [-0.2, 0) is 7.05 Å². The summed E-state index contributed by atoms with van der Waals surface area (Å²) in [5.74, 6) is 0.203. The molecule has 1 aromatic carbocycles. The van der Waals surface area contributed by atoms with Crippen molar-refractivity contribution in [2.24, 2.45) is 7.05 Å². The number of hydrogen-bond acceptors (Lipinski definition) is 4. The molecule has 0 aliphatic carbocycles. The van der Waals surface area contributed by atoms with Gasteiger partial charge >= 0.3 is 0 Å². The monoisotopic (exact) mass is 219 g/mol. The highest BCUT2D eigenvalue weighted by Crippen LogP contribution is 2.38. The van der Waals surface area contributed by atoms with E-state index in [0.717, 1.165) is 0 Å². The number of rotatable bonds is 1. The lowest BCUT2D eigenvalue weighted by Crippen LogP contribution is -1.96. The maximum absolute atomic E-state index is 9.79. The molecule has 1 aromatic heterocycles. The molecule has 1 heterocycles. The lowest BCUT2D eigenvalue weighted by atomic mass is 10.1. The van der Waals surface area contributed by atoms with E-state index in [0.29, 0.717) is 22.6 Å². The van der Waals surface area contributed by atoms with Crippen LogP contribution in [0.5, 0.6) is 11.5 Å². The first-order chi connectivity index (χ1) is 7.50. The molecule has 0 bridgehead atoms. The van der Waals surface area contributed by atoms with Crippen LogP contribution in [0, 0.1) is 6.92 Å². The van der Waals surface area contributed by atoms with Crippen LogP contribution in [0.15, 0.2) is 18.2 Å². The Labute approximate surface area is 92.8 Å². The highest BCUT2D eigenvalue weighted by Gasteiger charge is 2.13. The Morgan fingerprint density at radius 3 is 2.50 bits per heavy atom. The Kier molecular flexibility index (Phi) is 2.23. The number of nitrogens with zero attached hydrogens (tertiary/aromatic N) is 2. The highest BCUT2D eigenvalue weighted by atomic mass is 16.3. The summed E-state index contributed by atoms with van der Waals surface area (Å²) >= 11 is 0. The van der Waals surface area contributed by atoms with Crippen molar-refractivity contribution in [1.82, 2.24) is 9.78 Å². The van der Waals surface area contributed by atoms with E-state index in [4.69, 9.17) is 5.73 Å². The van der Waals surface area contributed by atoms with Gasteiger partial charge in [-0.25, -0.2) is 0 Å². The average molecular weight is 219 g/mol. The third kappa shape index (κ3) is 1.46. The number of aryl methyl sites for hydroxylation is 2. The molecule has 84 valence electrons. The van der Waals surface area contributed by atoms with Crippen molar-refractivity contribution in [1.29, 1.82) is 0 Å². The van der Waals surface area contributed by atoms with Crippen LogP contribution in [0.1, 0.15) is 5.56 Å². The Morgan fingerprint density at radius 2 is 1.94 bits per heavy atom. The van der Waals surface area contributed by atoms with Gasteiger partial charge in [0.15, 0.2) is 11.5 Å². The number of aromatic nitrogens is 2. The molecule has 5 nitrogen and oxygen atoms in total.